The van der Waals surface area contributed by atoms with Crippen molar-refractivity contribution in [1.82, 2.24) is 34.4 Å². The van der Waals surface area contributed by atoms with Crippen molar-refractivity contribution in [2.24, 2.45) is 0 Å². The third-order valence-corrected chi connectivity index (χ3v) is 7.06. The molecular weight excluding hydrogens is 506 g/mol. The van der Waals surface area contributed by atoms with Gasteiger partial charge in [0.2, 0.25) is 5.91 Å². The van der Waals surface area contributed by atoms with Crippen LogP contribution in [0.4, 0.5) is 17.3 Å². The number of carbonyl (C=O) groups is 1. The van der Waals surface area contributed by atoms with E-state index in [2.05, 4.69) is 36.8 Å². The summed E-state index contributed by atoms with van der Waals surface area (Å²) >= 11 is 0. The lowest BCUT2D eigenvalue weighted by atomic mass is 10.1. The van der Waals surface area contributed by atoms with Gasteiger partial charge >= 0.3 is 0 Å². The van der Waals surface area contributed by atoms with Crippen LogP contribution >= 0.6 is 0 Å². The molecule has 5 heterocycles. The number of nitrogens with zero attached hydrogens (tertiary/aromatic N) is 8. The van der Waals surface area contributed by atoms with Crippen LogP contribution in [-0.2, 0) is 4.79 Å². The van der Waals surface area contributed by atoms with Crippen LogP contribution in [0.15, 0.2) is 74.0 Å². The van der Waals surface area contributed by atoms with Crippen LogP contribution in [0, 0.1) is 6.92 Å². The van der Waals surface area contributed by atoms with Gasteiger partial charge in [-0.25, -0.2) is 24.5 Å². The van der Waals surface area contributed by atoms with Crippen molar-refractivity contribution < 1.29 is 9.53 Å². The number of hydrogen-bond donors (Lipinski definition) is 1. The molecule has 6 rings (SSSR count). The third-order valence-electron chi connectivity index (χ3n) is 7.06. The van der Waals surface area contributed by atoms with Gasteiger partial charge in [0.25, 0.3) is 0 Å². The normalized spacial score (nSPS) is 17.3. The molecule has 1 aliphatic heterocycles. The molecule has 0 radical (unpaired) electrons. The number of pyridine rings is 2. The van der Waals surface area contributed by atoms with E-state index >= 15 is 0 Å². The molecule has 11 nitrogen and oxygen atoms in total. The van der Waals surface area contributed by atoms with Gasteiger partial charge in [-0.15, -0.1) is 0 Å². The van der Waals surface area contributed by atoms with E-state index in [0.717, 1.165) is 28.3 Å². The molecule has 1 saturated heterocycles. The maximum absolute atomic E-state index is 12.3. The number of aromatic nitrogens is 6. The smallest absolute Gasteiger partial charge is 0.246 e. The van der Waals surface area contributed by atoms with E-state index < -0.39 is 0 Å². The molecule has 5 aromatic rings. The number of rotatable bonds is 6. The average molecular weight is 536 g/mol. The lowest BCUT2D eigenvalue weighted by Gasteiger charge is -2.44. The summed E-state index contributed by atoms with van der Waals surface area (Å²) in [5.74, 6) is 2.80. The summed E-state index contributed by atoms with van der Waals surface area (Å²) in [4.78, 5) is 34.5. The van der Waals surface area contributed by atoms with Crippen LogP contribution in [0.2, 0.25) is 0 Å². The number of fused-ring (bicyclic) bond motifs is 2. The highest BCUT2D eigenvalue weighted by Gasteiger charge is 2.32. The molecule has 1 aromatic carbocycles. The molecule has 0 aliphatic carbocycles. The standard InChI is InChI=1S/C29H29N9O2/c1-5-27(39)38-19(3)14-36(15-20(38)4)25-9-7-23-28(35-25)29(32-16-30-23)34-21-6-8-24(18(2)12-21)40-22-10-11-37-26(13-22)31-17-33-37/h5-13,16-17,19-20H,1,14-15H2,2-4H3,(H,30,32,34). The molecule has 4 aromatic heterocycles. The predicted octanol–water partition coefficient (Wildman–Crippen LogP) is 4.52. The van der Waals surface area contributed by atoms with E-state index in [1.165, 1.54) is 18.7 Å². The zero-order chi connectivity index (χ0) is 27.8. The Morgan fingerprint density at radius 2 is 1.88 bits per heavy atom. The maximum Gasteiger partial charge on any atom is 0.246 e. The van der Waals surface area contributed by atoms with E-state index in [1.54, 1.807) is 4.52 Å². The van der Waals surface area contributed by atoms with Crippen molar-refractivity contribution in [2.75, 3.05) is 23.3 Å². The number of nitrogens with one attached hydrogen (secondary N) is 1. The van der Waals surface area contributed by atoms with Crippen molar-refractivity contribution in [3.8, 4) is 11.5 Å². The number of aryl methyl sites for hydroxylation is 1. The van der Waals surface area contributed by atoms with Gasteiger partial charge in [0, 0.05) is 43.1 Å². The Balaban J connectivity index is 1.23. The SMILES string of the molecule is C=CC(=O)N1C(C)CN(c2ccc3ncnc(Nc4ccc(Oc5ccn6ncnc6c5)c(C)c4)c3n2)CC1C. The molecule has 2 atom stereocenters. The second-order valence-corrected chi connectivity index (χ2v) is 9.94. The fourth-order valence-electron chi connectivity index (χ4n) is 5.21. The molecule has 202 valence electrons. The molecular formula is C29H29N9O2. The Hall–Kier alpha value is -5.06. The second kappa shape index (κ2) is 10.3. The summed E-state index contributed by atoms with van der Waals surface area (Å²) in [7, 11) is 0. The number of amides is 1. The molecule has 40 heavy (non-hydrogen) atoms. The highest BCUT2D eigenvalue weighted by molar-refractivity contribution is 5.89. The lowest BCUT2D eigenvalue weighted by molar-refractivity contribution is -0.130. The van der Waals surface area contributed by atoms with Gasteiger partial charge in [-0.3, -0.25) is 4.79 Å². The Morgan fingerprint density at radius 1 is 1.05 bits per heavy atom. The number of benzene rings is 1. The average Bonchev–Trinajstić information content (AvgIpc) is 3.42. The molecule has 11 heteroatoms. The quantitative estimate of drug-likeness (QED) is 0.313. The topological polar surface area (TPSA) is 114 Å². The van der Waals surface area contributed by atoms with E-state index in [4.69, 9.17) is 9.72 Å². The van der Waals surface area contributed by atoms with Crippen LogP contribution in [0.1, 0.15) is 19.4 Å². The van der Waals surface area contributed by atoms with E-state index in [-0.39, 0.29) is 18.0 Å². The number of ether oxygens (including phenoxy) is 1. The van der Waals surface area contributed by atoms with Crippen molar-refractivity contribution in [3.05, 3.63) is 79.5 Å². The van der Waals surface area contributed by atoms with E-state index in [0.29, 0.717) is 35.8 Å². The zero-order valence-electron chi connectivity index (χ0n) is 22.5. The minimum Gasteiger partial charge on any atom is -0.457 e. The summed E-state index contributed by atoms with van der Waals surface area (Å²) < 4.78 is 7.79. The third kappa shape index (κ3) is 4.77. The van der Waals surface area contributed by atoms with Gasteiger partial charge in [0.1, 0.15) is 35.5 Å². The predicted molar refractivity (Wildman–Crippen MR) is 153 cm³/mol. The van der Waals surface area contributed by atoms with Gasteiger partial charge in [-0.05, 0) is 68.8 Å². The maximum atomic E-state index is 12.3. The number of piperazine rings is 1. The van der Waals surface area contributed by atoms with Gasteiger partial charge < -0.3 is 19.9 Å². The Labute approximate surface area is 231 Å². The van der Waals surface area contributed by atoms with E-state index in [1.807, 2.05) is 74.3 Å². The number of hydrogen-bond acceptors (Lipinski definition) is 9. The molecule has 1 amide bonds. The Morgan fingerprint density at radius 3 is 2.65 bits per heavy atom. The van der Waals surface area contributed by atoms with Crippen LogP contribution in [0.3, 0.4) is 0 Å². The first-order valence-corrected chi connectivity index (χ1v) is 13.1. The number of carbonyl (C=O) groups excluding carboxylic acids is 1. The first kappa shape index (κ1) is 25.2. The molecule has 1 fully saturated rings. The van der Waals surface area contributed by atoms with Crippen molar-refractivity contribution >= 4 is 39.9 Å². The fraction of sp³-hybridized carbons (Fsp3) is 0.241. The van der Waals surface area contributed by atoms with Gasteiger partial charge in [-0.1, -0.05) is 6.58 Å². The number of anilines is 3. The summed E-state index contributed by atoms with van der Waals surface area (Å²) in [6.45, 7) is 11.1. The highest BCUT2D eigenvalue weighted by Crippen LogP contribution is 2.31. The Kier molecular flexibility index (Phi) is 6.47. The molecule has 1 N–H and O–H groups in total. The lowest BCUT2D eigenvalue weighted by Crippen LogP contribution is -2.58. The minimum absolute atomic E-state index is 0.0263. The van der Waals surface area contributed by atoms with Gasteiger partial charge in [-0.2, -0.15) is 5.10 Å². The molecule has 0 spiro atoms. The first-order valence-electron chi connectivity index (χ1n) is 13.1. The molecule has 2 unspecified atom stereocenters. The molecule has 0 bridgehead atoms. The molecule has 1 aliphatic rings. The van der Waals surface area contributed by atoms with Crippen LogP contribution in [0.5, 0.6) is 11.5 Å². The minimum atomic E-state index is -0.0471. The van der Waals surface area contributed by atoms with Crippen molar-refractivity contribution in [1.29, 1.82) is 0 Å². The largest absolute Gasteiger partial charge is 0.457 e. The van der Waals surface area contributed by atoms with Crippen LogP contribution in [0.25, 0.3) is 16.7 Å². The summed E-state index contributed by atoms with van der Waals surface area (Å²) in [5, 5.41) is 7.52. The monoisotopic (exact) mass is 535 g/mol. The zero-order valence-corrected chi connectivity index (χ0v) is 22.5. The van der Waals surface area contributed by atoms with Gasteiger partial charge in [0.15, 0.2) is 11.5 Å². The first-order chi connectivity index (χ1) is 19.4. The fourth-order valence-corrected chi connectivity index (χ4v) is 5.21. The Bertz CT molecular complexity index is 1720. The summed E-state index contributed by atoms with van der Waals surface area (Å²) in [6, 6.07) is 13.5. The van der Waals surface area contributed by atoms with Crippen LogP contribution < -0.4 is 15.0 Å². The van der Waals surface area contributed by atoms with Gasteiger partial charge in [0.05, 0.1) is 5.52 Å². The second-order valence-electron chi connectivity index (χ2n) is 9.94. The van der Waals surface area contributed by atoms with Crippen LogP contribution in [-0.4, -0.2) is 65.5 Å². The summed E-state index contributed by atoms with van der Waals surface area (Å²) in [6.07, 6.45) is 6.23. The van der Waals surface area contributed by atoms with E-state index in [9.17, 15) is 4.79 Å². The summed E-state index contributed by atoms with van der Waals surface area (Å²) in [5.41, 5.74) is 3.93. The van der Waals surface area contributed by atoms with Crippen molar-refractivity contribution in [2.45, 2.75) is 32.9 Å². The highest BCUT2D eigenvalue weighted by atomic mass is 16.5. The van der Waals surface area contributed by atoms with Crippen molar-refractivity contribution in [3.63, 3.8) is 0 Å². The molecule has 0 saturated carbocycles.